The van der Waals surface area contributed by atoms with E-state index >= 15 is 0 Å². The van der Waals surface area contributed by atoms with E-state index in [0.29, 0.717) is 12.0 Å². The topological polar surface area (TPSA) is 61.7 Å². The molecule has 0 atom stereocenters. The van der Waals surface area contributed by atoms with E-state index in [1.165, 1.54) is 0 Å². The van der Waals surface area contributed by atoms with Crippen LogP contribution in [0.15, 0.2) is 54.6 Å². The van der Waals surface area contributed by atoms with E-state index in [2.05, 4.69) is 5.32 Å². The van der Waals surface area contributed by atoms with E-state index in [1.54, 1.807) is 27.7 Å². The number of anilines is 1. The van der Waals surface area contributed by atoms with Gasteiger partial charge in [0.1, 0.15) is 0 Å². The van der Waals surface area contributed by atoms with Gasteiger partial charge in [-0.2, -0.15) is 0 Å². The van der Waals surface area contributed by atoms with E-state index in [1.807, 2.05) is 54.6 Å². The predicted molar refractivity (Wildman–Crippen MR) is 99.3 cm³/mol. The molecule has 0 saturated carbocycles. The SMILES string of the molecule is CC(C)(O)C(C)(C)OB(O)c1ccc(CNc2ccccc2)cc1. The van der Waals surface area contributed by atoms with Gasteiger partial charge in [-0.3, -0.25) is 0 Å². The van der Waals surface area contributed by atoms with Crippen molar-refractivity contribution in [2.45, 2.75) is 45.4 Å². The maximum Gasteiger partial charge on any atom is 0.491 e. The molecule has 0 heterocycles. The summed E-state index contributed by atoms with van der Waals surface area (Å²) in [5.74, 6) is 0. The maximum absolute atomic E-state index is 10.3. The minimum atomic E-state index is -1.08. The van der Waals surface area contributed by atoms with E-state index in [-0.39, 0.29) is 0 Å². The molecular weight excluding hydrogens is 301 g/mol. The third kappa shape index (κ3) is 4.84. The fourth-order valence-electron chi connectivity index (χ4n) is 2.05. The van der Waals surface area contributed by atoms with Crippen LogP contribution in [0.25, 0.3) is 0 Å². The molecule has 2 aromatic rings. The van der Waals surface area contributed by atoms with Crippen molar-refractivity contribution in [3.63, 3.8) is 0 Å². The summed E-state index contributed by atoms with van der Waals surface area (Å²) >= 11 is 0. The number of hydrogen-bond acceptors (Lipinski definition) is 4. The smallest absolute Gasteiger partial charge is 0.423 e. The van der Waals surface area contributed by atoms with Gasteiger partial charge in [0.05, 0.1) is 11.2 Å². The standard InChI is InChI=1S/C19H26BNO3/c1-18(2,22)19(3,4)24-20(23)16-12-10-15(11-13-16)14-21-17-8-6-5-7-9-17/h5-13,21-23H,14H2,1-4H3. The van der Waals surface area contributed by atoms with Crippen LogP contribution in [0.4, 0.5) is 5.69 Å². The average molecular weight is 327 g/mol. The lowest BCUT2D eigenvalue weighted by Gasteiger charge is -2.38. The summed E-state index contributed by atoms with van der Waals surface area (Å²) in [6, 6.07) is 17.6. The quantitative estimate of drug-likeness (QED) is 0.684. The van der Waals surface area contributed by atoms with Gasteiger partial charge < -0.3 is 20.1 Å². The minimum Gasteiger partial charge on any atom is -0.423 e. The van der Waals surface area contributed by atoms with Gasteiger partial charge in [-0.1, -0.05) is 42.5 Å². The van der Waals surface area contributed by atoms with Gasteiger partial charge in [0.15, 0.2) is 0 Å². The third-order valence-corrected chi connectivity index (χ3v) is 4.41. The van der Waals surface area contributed by atoms with Crippen LogP contribution in [0.2, 0.25) is 0 Å². The highest BCUT2D eigenvalue weighted by atomic mass is 16.5. The summed E-state index contributed by atoms with van der Waals surface area (Å²) in [7, 11) is -1.08. The van der Waals surface area contributed by atoms with Crippen molar-refractivity contribution in [3.05, 3.63) is 60.2 Å². The van der Waals surface area contributed by atoms with Crippen LogP contribution < -0.4 is 10.8 Å². The minimum absolute atomic E-state index is 0.663. The van der Waals surface area contributed by atoms with Gasteiger partial charge in [-0.15, -0.1) is 0 Å². The van der Waals surface area contributed by atoms with Crippen molar-refractivity contribution in [1.29, 1.82) is 0 Å². The lowest BCUT2D eigenvalue weighted by Crippen LogP contribution is -2.53. The Hall–Kier alpha value is -1.82. The number of benzene rings is 2. The molecule has 3 N–H and O–H groups in total. The molecule has 5 heteroatoms. The number of para-hydroxylation sites is 1. The average Bonchev–Trinajstić information content (AvgIpc) is 2.53. The van der Waals surface area contributed by atoms with Gasteiger partial charge in [-0.25, -0.2) is 0 Å². The zero-order valence-electron chi connectivity index (χ0n) is 14.8. The molecule has 0 aliphatic rings. The highest BCUT2D eigenvalue weighted by Gasteiger charge is 2.39. The highest BCUT2D eigenvalue weighted by Crippen LogP contribution is 2.25. The van der Waals surface area contributed by atoms with Gasteiger partial charge in [0.2, 0.25) is 0 Å². The van der Waals surface area contributed by atoms with E-state index in [0.717, 1.165) is 11.3 Å². The molecule has 0 aliphatic carbocycles. The fraction of sp³-hybridized carbons (Fsp3) is 0.368. The number of aliphatic hydroxyl groups is 1. The Balaban J connectivity index is 1.96. The van der Waals surface area contributed by atoms with Crippen LogP contribution in [0, 0.1) is 0 Å². The molecule has 0 fully saturated rings. The first-order chi connectivity index (χ1) is 11.2. The fourth-order valence-corrected chi connectivity index (χ4v) is 2.05. The maximum atomic E-state index is 10.3. The van der Waals surface area contributed by atoms with Gasteiger partial charge in [0, 0.05) is 12.2 Å². The second-order valence-electron chi connectivity index (χ2n) is 7.00. The summed E-state index contributed by atoms with van der Waals surface area (Å²) in [5.41, 5.74) is 0.900. The molecule has 0 bridgehead atoms. The summed E-state index contributed by atoms with van der Waals surface area (Å²) in [5, 5.41) is 23.7. The van der Waals surface area contributed by atoms with Crippen molar-refractivity contribution in [2.75, 3.05) is 5.32 Å². The second kappa shape index (κ2) is 7.39. The van der Waals surface area contributed by atoms with Crippen LogP contribution in [-0.4, -0.2) is 28.5 Å². The van der Waals surface area contributed by atoms with E-state index < -0.39 is 18.3 Å². The van der Waals surface area contributed by atoms with E-state index in [9.17, 15) is 10.1 Å². The lowest BCUT2D eigenvalue weighted by molar-refractivity contribution is -0.0982. The third-order valence-electron chi connectivity index (χ3n) is 4.41. The van der Waals surface area contributed by atoms with Crippen molar-refractivity contribution >= 4 is 18.3 Å². The first-order valence-electron chi connectivity index (χ1n) is 8.15. The van der Waals surface area contributed by atoms with Crippen LogP contribution in [0.1, 0.15) is 33.3 Å². The Morgan fingerprint density at radius 2 is 1.54 bits per heavy atom. The molecule has 0 amide bonds. The first-order valence-corrected chi connectivity index (χ1v) is 8.15. The molecule has 128 valence electrons. The molecular formula is C19H26BNO3. The zero-order valence-corrected chi connectivity index (χ0v) is 14.8. The number of nitrogens with one attached hydrogen (secondary N) is 1. The Morgan fingerprint density at radius 1 is 0.958 bits per heavy atom. The number of rotatable bonds is 7. The molecule has 24 heavy (non-hydrogen) atoms. The molecule has 0 unspecified atom stereocenters. The van der Waals surface area contributed by atoms with Crippen LogP contribution in [-0.2, 0) is 11.2 Å². The largest absolute Gasteiger partial charge is 0.491 e. The normalized spacial score (nSPS) is 12.1. The molecule has 0 aromatic heterocycles. The molecule has 0 saturated heterocycles. The Labute approximate surface area is 144 Å². The van der Waals surface area contributed by atoms with Gasteiger partial charge in [0.25, 0.3) is 0 Å². The molecule has 0 aliphatic heterocycles. The summed E-state index contributed by atoms with van der Waals surface area (Å²) in [6.45, 7) is 7.55. The van der Waals surface area contributed by atoms with Gasteiger partial charge in [-0.05, 0) is 50.9 Å². The highest BCUT2D eigenvalue weighted by molar-refractivity contribution is 6.60. The Kier molecular flexibility index (Phi) is 5.70. The van der Waals surface area contributed by atoms with Crippen LogP contribution in [0.3, 0.4) is 0 Å². The van der Waals surface area contributed by atoms with Crippen molar-refractivity contribution in [1.82, 2.24) is 0 Å². The molecule has 4 nitrogen and oxygen atoms in total. The predicted octanol–water partition coefficient (Wildman–Crippen LogP) is 2.55. The van der Waals surface area contributed by atoms with Crippen LogP contribution >= 0.6 is 0 Å². The second-order valence-corrected chi connectivity index (χ2v) is 7.00. The summed E-state index contributed by atoms with van der Waals surface area (Å²) < 4.78 is 5.65. The molecule has 0 spiro atoms. The van der Waals surface area contributed by atoms with Crippen LogP contribution in [0.5, 0.6) is 0 Å². The van der Waals surface area contributed by atoms with Gasteiger partial charge >= 0.3 is 7.12 Å². The van der Waals surface area contributed by atoms with Crippen molar-refractivity contribution in [2.24, 2.45) is 0 Å². The Morgan fingerprint density at radius 3 is 2.08 bits per heavy atom. The molecule has 2 rings (SSSR count). The summed E-state index contributed by atoms with van der Waals surface area (Å²) in [4.78, 5) is 0. The molecule has 0 radical (unpaired) electrons. The molecule has 2 aromatic carbocycles. The van der Waals surface area contributed by atoms with Crippen molar-refractivity contribution in [3.8, 4) is 0 Å². The van der Waals surface area contributed by atoms with Crippen molar-refractivity contribution < 1.29 is 14.8 Å². The monoisotopic (exact) mass is 327 g/mol. The number of hydrogen-bond donors (Lipinski definition) is 3. The van der Waals surface area contributed by atoms with E-state index in [4.69, 9.17) is 4.65 Å². The zero-order chi connectivity index (χ0) is 17.8. The summed E-state index contributed by atoms with van der Waals surface area (Å²) in [6.07, 6.45) is 0. The first kappa shape index (κ1) is 18.5. The Bertz CT molecular complexity index is 636. The lowest BCUT2D eigenvalue weighted by atomic mass is 9.76.